The highest BCUT2D eigenvalue weighted by Crippen LogP contribution is 2.21. The third-order valence-corrected chi connectivity index (χ3v) is 3.58. The number of aromatic amines is 1. The van der Waals surface area contributed by atoms with Gasteiger partial charge in [0.15, 0.2) is 0 Å². The zero-order valence-electron chi connectivity index (χ0n) is 9.16. The lowest BCUT2D eigenvalue weighted by molar-refractivity contribution is 0.108. The Bertz CT molecular complexity index is 451. The van der Waals surface area contributed by atoms with Crippen molar-refractivity contribution in [2.24, 2.45) is 0 Å². The summed E-state index contributed by atoms with van der Waals surface area (Å²) < 4.78 is 6.11. The predicted molar refractivity (Wildman–Crippen MR) is 64.2 cm³/mol. The second-order valence-electron chi connectivity index (χ2n) is 4.32. The summed E-state index contributed by atoms with van der Waals surface area (Å²) in [5.74, 6) is 0.947. The second kappa shape index (κ2) is 4.14. The van der Waals surface area contributed by atoms with Crippen molar-refractivity contribution in [1.82, 2.24) is 9.97 Å². The van der Waals surface area contributed by atoms with E-state index in [1.54, 1.807) is 0 Å². The molecule has 0 atom stereocenters. The Labute approximate surface area is 99.6 Å². The van der Waals surface area contributed by atoms with Gasteiger partial charge in [-0.1, -0.05) is 12.2 Å². The van der Waals surface area contributed by atoms with E-state index in [0.29, 0.717) is 11.2 Å². The maximum atomic E-state index is 5.40. The maximum Gasteiger partial charge on any atom is 0.204 e. The van der Waals surface area contributed by atoms with Crippen molar-refractivity contribution in [3.63, 3.8) is 0 Å². The number of anilines is 1. The highest BCUT2D eigenvalue weighted by molar-refractivity contribution is 7.71. The maximum absolute atomic E-state index is 5.40. The van der Waals surface area contributed by atoms with Crippen molar-refractivity contribution in [3.05, 3.63) is 15.9 Å². The molecule has 16 heavy (non-hydrogen) atoms. The average Bonchev–Trinajstić information content (AvgIpc) is 2.82. The third-order valence-electron chi connectivity index (χ3n) is 3.24. The van der Waals surface area contributed by atoms with Gasteiger partial charge < -0.3 is 14.6 Å². The van der Waals surface area contributed by atoms with Gasteiger partial charge in [0.1, 0.15) is 4.64 Å². The van der Waals surface area contributed by atoms with Crippen molar-refractivity contribution in [2.45, 2.75) is 25.9 Å². The van der Waals surface area contributed by atoms with Gasteiger partial charge in [0.05, 0.1) is 13.2 Å². The Morgan fingerprint density at radius 2 is 2.12 bits per heavy atom. The summed E-state index contributed by atoms with van der Waals surface area (Å²) in [6, 6.07) is 0. The summed E-state index contributed by atoms with van der Waals surface area (Å²) in [5, 5.41) is 0. The average molecular weight is 237 g/mol. The second-order valence-corrected chi connectivity index (χ2v) is 4.71. The van der Waals surface area contributed by atoms with E-state index in [1.807, 2.05) is 0 Å². The van der Waals surface area contributed by atoms with Crippen LogP contribution in [0.1, 0.15) is 24.1 Å². The van der Waals surface area contributed by atoms with Gasteiger partial charge in [-0.25, -0.2) is 4.98 Å². The number of H-pyrrole nitrogens is 1. The molecule has 2 aliphatic rings. The molecule has 0 saturated carbocycles. The Hall–Kier alpha value is -0.940. The van der Waals surface area contributed by atoms with Crippen molar-refractivity contribution in [1.29, 1.82) is 0 Å². The van der Waals surface area contributed by atoms with Crippen LogP contribution < -0.4 is 4.90 Å². The monoisotopic (exact) mass is 237 g/mol. The summed E-state index contributed by atoms with van der Waals surface area (Å²) in [7, 11) is 0. The number of rotatable bonds is 1. The molecule has 1 aromatic rings. The molecule has 0 radical (unpaired) electrons. The standard InChI is InChI=1S/C11H15N3OS/c16-10-8-7-15-6-3-9(8)12-11(13-10)14-4-1-2-5-14/h1-7H2,(H,12,13,16). The minimum atomic E-state index is 0.609. The summed E-state index contributed by atoms with van der Waals surface area (Å²) >= 11 is 5.32. The van der Waals surface area contributed by atoms with Crippen LogP contribution in [0.4, 0.5) is 5.95 Å². The van der Waals surface area contributed by atoms with Crippen molar-refractivity contribution < 1.29 is 4.74 Å². The van der Waals surface area contributed by atoms with Crippen LogP contribution in [-0.2, 0) is 17.8 Å². The summed E-state index contributed by atoms with van der Waals surface area (Å²) in [6.45, 7) is 3.57. The number of fused-ring (bicyclic) bond motifs is 1. The first kappa shape index (κ1) is 10.2. The van der Waals surface area contributed by atoms with Gasteiger partial charge in [0.25, 0.3) is 0 Å². The third kappa shape index (κ3) is 1.74. The molecule has 1 aromatic heterocycles. The van der Waals surface area contributed by atoms with Gasteiger partial charge in [0, 0.05) is 30.8 Å². The SMILES string of the molecule is S=c1nc(N2CCCC2)[nH]c2c1COCC2. The van der Waals surface area contributed by atoms with Crippen LogP contribution in [0.3, 0.4) is 0 Å². The molecule has 0 spiro atoms. The molecule has 0 aromatic carbocycles. The van der Waals surface area contributed by atoms with Crippen molar-refractivity contribution in [2.75, 3.05) is 24.6 Å². The zero-order valence-corrected chi connectivity index (χ0v) is 9.98. The van der Waals surface area contributed by atoms with Gasteiger partial charge >= 0.3 is 0 Å². The van der Waals surface area contributed by atoms with E-state index in [4.69, 9.17) is 17.0 Å². The van der Waals surface area contributed by atoms with Gasteiger partial charge in [-0.3, -0.25) is 0 Å². The highest BCUT2D eigenvalue weighted by atomic mass is 32.1. The van der Waals surface area contributed by atoms with Gasteiger partial charge in [-0.15, -0.1) is 0 Å². The van der Waals surface area contributed by atoms with Crippen LogP contribution in [-0.4, -0.2) is 29.7 Å². The van der Waals surface area contributed by atoms with Gasteiger partial charge in [0.2, 0.25) is 5.95 Å². The predicted octanol–water partition coefficient (Wildman–Crippen LogP) is 1.81. The highest BCUT2D eigenvalue weighted by Gasteiger charge is 2.18. The fourth-order valence-corrected chi connectivity index (χ4v) is 2.59. The van der Waals surface area contributed by atoms with Crippen LogP contribution in [0, 0.1) is 4.64 Å². The summed E-state index contributed by atoms with van der Waals surface area (Å²) in [5.41, 5.74) is 2.29. The van der Waals surface area contributed by atoms with Gasteiger partial charge in [-0.2, -0.15) is 0 Å². The number of nitrogens with zero attached hydrogens (tertiary/aromatic N) is 2. The Kier molecular flexibility index (Phi) is 2.65. The molecule has 3 rings (SSSR count). The van der Waals surface area contributed by atoms with Crippen molar-refractivity contribution >= 4 is 18.2 Å². The van der Waals surface area contributed by atoms with Crippen LogP contribution in [0.25, 0.3) is 0 Å². The minimum Gasteiger partial charge on any atom is -0.376 e. The molecule has 1 N–H and O–H groups in total. The fraction of sp³-hybridized carbons (Fsp3) is 0.636. The molecule has 1 fully saturated rings. The summed E-state index contributed by atoms with van der Waals surface area (Å²) in [6.07, 6.45) is 3.42. The molecule has 1 saturated heterocycles. The van der Waals surface area contributed by atoms with E-state index in [9.17, 15) is 0 Å². The van der Waals surface area contributed by atoms with Crippen LogP contribution in [0.2, 0.25) is 0 Å². The normalized spacial score (nSPS) is 19.9. The largest absolute Gasteiger partial charge is 0.376 e. The Balaban J connectivity index is 2.01. The molecule has 0 unspecified atom stereocenters. The Morgan fingerprint density at radius 1 is 1.31 bits per heavy atom. The summed E-state index contributed by atoms with van der Waals surface area (Å²) in [4.78, 5) is 10.2. The number of hydrogen-bond acceptors (Lipinski definition) is 4. The number of nitrogens with one attached hydrogen (secondary N) is 1. The quantitative estimate of drug-likeness (QED) is 0.756. The van der Waals surface area contributed by atoms with Gasteiger partial charge in [-0.05, 0) is 12.8 Å². The van der Waals surface area contributed by atoms with Crippen LogP contribution in [0.5, 0.6) is 0 Å². The zero-order chi connectivity index (χ0) is 11.0. The molecule has 3 heterocycles. The number of aromatic nitrogens is 2. The Morgan fingerprint density at radius 3 is 2.94 bits per heavy atom. The molecule has 0 amide bonds. The lowest BCUT2D eigenvalue weighted by atomic mass is 10.1. The lowest BCUT2D eigenvalue weighted by Gasteiger charge is -2.21. The number of ether oxygens (including phenoxy) is 1. The molecular formula is C11H15N3OS. The lowest BCUT2D eigenvalue weighted by Crippen LogP contribution is -2.23. The van der Waals surface area contributed by atoms with E-state index >= 15 is 0 Å². The minimum absolute atomic E-state index is 0.609. The first-order chi connectivity index (χ1) is 7.84. The molecule has 4 nitrogen and oxygen atoms in total. The van der Waals surface area contributed by atoms with E-state index in [2.05, 4.69) is 14.9 Å². The molecule has 5 heteroatoms. The molecule has 0 bridgehead atoms. The number of hydrogen-bond donors (Lipinski definition) is 1. The first-order valence-corrected chi connectivity index (χ1v) is 6.20. The fourth-order valence-electron chi connectivity index (χ4n) is 2.32. The topological polar surface area (TPSA) is 41.2 Å². The molecule has 86 valence electrons. The van der Waals surface area contributed by atoms with E-state index in [-0.39, 0.29) is 0 Å². The smallest absolute Gasteiger partial charge is 0.204 e. The van der Waals surface area contributed by atoms with Crippen LogP contribution in [0.15, 0.2) is 0 Å². The molecular weight excluding hydrogens is 222 g/mol. The van der Waals surface area contributed by atoms with Crippen LogP contribution >= 0.6 is 12.2 Å². The van der Waals surface area contributed by atoms with E-state index in [1.165, 1.54) is 18.5 Å². The van der Waals surface area contributed by atoms with E-state index < -0.39 is 0 Å². The molecule has 2 aliphatic heterocycles. The van der Waals surface area contributed by atoms with Crippen molar-refractivity contribution in [3.8, 4) is 0 Å². The molecule has 0 aliphatic carbocycles. The first-order valence-electron chi connectivity index (χ1n) is 5.79. The van der Waals surface area contributed by atoms with E-state index in [0.717, 1.165) is 37.6 Å².